The Labute approximate surface area is 246 Å². The summed E-state index contributed by atoms with van der Waals surface area (Å²) in [6, 6.07) is 13.4. The molecule has 0 bridgehead atoms. The van der Waals surface area contributed by atoms with E-state index >= 15 is 4.39 Å². The number of alkyl halides is 2. The number of aromatic nitrogens is 1. The predicted octanol–water partition coefficient (Wildman–Crippen LogP) is 4.23. The number of rotatable bonds is 8. The second kappa shape index (κ2) is 11.3. The molecule has 2 amide bonds. The molecular formula is C31H30F3N5O4. The lowest BCUT2D eigenvalue weighted by atomic mass is 9.83. The number of aliphatic hydroxyl groups is 2. The van der Waals surface area contributed by atoms with Crippen LogP contribution >= 0.6 is 0 Å². The Morgan fingerprint density at radius 3 is 2.51 bits per heavy atom. The van der Waals surface area contributed by atoms with Gasteiger partial charge in [-0.2, -0.15) is 5.26 Å². The van der Waals surface area contributed by atoms with Crippen LogP contribution in [-0.4, -0.2) is 45.2 Å². The van der Waals surface area contributed by atoms with Gasteiger partial charge in [0.25, 0.3) is 5.92 Å². The summed E-state index contributed by atoms with van der Waals surface area (Å²) in [4.78, 5) is 31.9. The second-order valence-electron chi connectivity index (χ2n) is 11.4. The molecule has 2 fully saturated rings. The zero-order chi connectivity index (χ0) is 31.1. The molecule has 5 rings (SSSR count). The van der Waals surface area contributed by atoms with Crippen molar-refractivity contribution in [2.75, 3.05) is 10.2 Å². The molecule has 12 heteroatoms. The molecule has 4 N–H and O–H groups in total. The van der Waals surface area contributed by atoms with Gasteiger partial charge >= 0.3 is 0 Å². The molecule has 224 valence electrons. The Morgan fingerprint density at radius 2 is 1.88 bits per heavy atom. The minimum Gasteiger partial charge on any atom is -0.386 e. The number of pyridine rings is 1. The molecule has 1 saturated carbocycles. The largest absolute Gasteiger partial charge is 0.386 e. The van der Waals surface area contributed by atoms with Gasteiger partial charge in [0.2, 0.25) is 11.8 Å². The third-order valence-electron chi connectivity index (χ3n) is 7.72. The summed E-state index contributed by atoms with van der Waals surface area (Å²) in [5, 5.41) is 37.5. The molecule has 0 radical (unpaired) electrons. The van der Waals surface area contributed by atoms with Crippen LogP contribution in [0.3, 0.4) is 0 Å². The Morgan fingerprint density at radius 1 is 1.19 bits per heavy atom. The zero-order valence-electron chi connectivity index (χ0n) is 23.4. The fourth-order valence-electron chi connectivity index (χ4n) is 5.65. The summed E-state index contributed by atoms with van der Waals surface area (Å²) < 4.78 is 42.1. The molecule has 43 heavy (non-hydrogen) atoms. The van der Waals surface area contributed by atoms with Gasteiger partial charge in [0.15, 0.2) is 0 Å². The third kappa shape index (κ3) is 6.18. The number of carbonyl (C=O) groups excluding carboxylic acids is 2. The van der Waals surface area contributed by atoms with Crippen LogP contribution in [0, 0.1) is 17.1 Å². The quantitative estimate of drug-likeness (QED) is 0.307. The van der Waals surface area contributed by atoms with Gasteiger partial charge in [-0.25, -0.2) is 18.2 Å². The van der Waals surface area contributed by atoms with Crippen molar-refractivity contribution in [2.24, 2.45) is 0 Å². The summed E-state index contributed by atoms with van der Waals surface area (Å²) in [5.74, 6) is -5.75. The summed E-state index contributed by atoms with van der Waals surface area (Å²) in [5.41, 5.74) is -0.692. The van der Waals surface area contributed by atoms with Gasteiger partial charge < -0.3 is 20.8 Å². The molecule has 1 aromatic heterocycles. The number of nitriles is 1. The van der Waals surface area contributed by atoms with Crippen molar-refractivity contribution in [3.05, 3.63) is 88.9 Å². The van der Waals surface area contributed by atoms with E-state index in [4.69, 9.17) is 0 Å². The summed E-state index contributed by atoms with van der Waals surface area (Å²) in [7, 11) is 0. The Bertz CT molecular complexity index is 1580. The molecule has 9 nitrogen and oxygen atoms in total. The highest BCUT2D eigenvalue weighted by Gasteiger charge is 2.47. The number of anilines is 2. The number of amides is 2. The highest BCUT2D eigenvalue weighted by molar-refractivity contribution is 5.97. The molecule has 3 atom stereocenters. The summed E-state index contributed by atoms with van der Waals surface area (Å²) in [6.45, 7) is 2.85. The number of carbonyl (C=O) groups is 2. The van der Waals surface area contributed by atoms with E-state index in [2.05, 4.69) is 15.6 Å². The monoisotopic (exact) mass is 593 g/mol. The fourth-order valence-corrected chi connectivity index (χ4v) is 5.65. The van der Waals surface area contributed by atoms with E-state index in [-0.39, 0.29) is 34.6 Å². The maximum Gasteiger partial charge on any atom is 0.252 e. The van der Waals surface area contributed by atoms with Crippen LogP contribution in [0.1, 0.15) is 67.3 Å². The molecule has 1 saturated heterocycles. The van der Waals surface area contributed by atoms with E-state index in [9.17, 15) is 33.8 Å². The Kier molecular flexibility index (Phi) is 7.89. The normalized spacial score (nSPS) is 20.7. The lowest BCUT2D eigenvalue weighted by Gasteiger charge is -2.36. The van der Waals surface area contributed by atoms with Gasteiger partial charge in [-0.1, -0.05) is 30.3 Å². The number of nitrogens with one attached hydrogen (secondary N) is 2. The molecule has 2 aliphatic rings. The number of halogens is 3. The highest BCUT2D eigenvalue weighted by Crippen LogP contribution is 2.45. The Hall–Kier alpha value is -4.47. The van der Waals surface area contributed by atoms with Crippen molar-refractivity contribution >= 4 is 23.3 Å². The number of benzene rings is 2. The first-order valence-electron chi connectivity index (χ1n) is 13.7. The lowest BCUT2D eigenvalue weighted by Crippen LogP contribution is -2.52. The first-order valence-corrected chi connectivity index (χ1v) is 13.7. The van der Waals surface area contributed by atoms with Crippen LogP contribution in [0.5, 0.6) is 0 Å². The van der Waals surface area contributed by atoms with Crippen LogP contribution in [-0.2, 0) is 15.2 Å². The zero-order valence-corrected chi connectivity index (χ0v) is 23.4. The van der Waals surface area contributed by atoms with Crippen molar-refractivity contribution in [1.82, 2.24) is 10.3 Å². The SMILES string of the molecule is CC(C)(O)c1cc(F)cc(N[C@H](C(=O)NC2CC(F)(F)C2)c2ccccc2)c1C1CC(=O)N(c2cc(C#N)ccn2)[C@@H]1O. The van der Waals surface area contributed by atoms with Gasteiger partial charge in [-0.15, -0.1) is 0 Å². The van der Waals surface area contributed by atoms with Gasteiger partial charge in [-0.3, -0.25) is 14.5 Å². The fraction of sp³-hybridized carbons (Fsp3) is 0.355. The minimum absolute atomic E-state index is 0.0255. The lowest BCUT2D eigenvalue weighted by molar-refractivity contribution is -0.130. The van der Waals surface area contributed by atoms with Crippen molar-refractivity contribution < 1.29 is 33.0 Å². The highest BCUT2D eigenvalue weighted by atomic mass is 19.3. The maximum atomic E-state index is 15.1. The smallest absolute Gasteiger partial charge is 0.252 e. The van der Waals surface area contributed by atoms with Gasteiger partial charge in [0.1, 0.15) is 23.9 Å². The molecule has 3 aromatic rings. The number of hydrogen-bond donors (Lipinski definition) is 4. The van der Waals surface area contributed by atoms with Gasteiger partial charge in [0.05, 0.1) is 17.2 Å². The van der Waals surface area contributed by atoms with E-state index in [1.807, 2.05) is 6.07 Å². The summed E-state index contributed by atoms with van der Waals surface area (Å²) in [6.07, 6.45) is -1.46. The number of aliphatic hydroxyl groups excluding tert-OH is 1. The maximum absolute atomic E-state index is 15.1. The predicted molar refractivity (Wildman–Crippen MR) is 150 cm³/mol. The van der Waals surface area contributed by atoms with Crippen molar-refractivity contribution in [1.29, 1.82) is 5.26 Å². The van der Waals surface area contributed by atoms with Crippen molar-refractivity contribution in [2.45, 2.75) is 68.9 Å². The van der Waals surface area contributed by atoms with E-state index in [0.29, 0.717) is 5.56 Å². The molecule has 0 spiro atoms. The van der Waals surface area contributed by atoms with Crippen LogP contribution in [0.15, 0.2) is 60.8 Å². The van der Waals surface area contributed by atoms with Crippen LogP contribution in [0.25, 0.3) is 0 Å². The minimum atomic E-state index is -2.86. The van der Waals surface area contributed by atoms with E-state index in [1.165, 1.54) is 32.2 Å². The first kappa shape index (κ1) is 30.0. The average Bonchev–Trinajstić information content (AvgIpc) is 3.23. The molecule has 1 unspecified atom stereocenters. The number of hydrogen-bond acceptors (Lipinski definition) is 7. The topological polar surface area (TPSA) is 139 Å². The van der Waals surface area contributed by atoms with Crippen LogP contribution in [0.2, 0.25) is 0 Å². The second-order valence-corrected chi connectivity index (χ2v) is 11.4. The van der Waals surface area contributed by atoms with Crippen molar-refractivity contribution in [3.63, 3.8) is 0 Å². The molecule has 2 heterocycles. The van der Waals surface area contributed by atoms with Crippen LogP contribution < -0.4 is 15.5 Å². The molecule has 1 aliphatic heterocycles. The standard InChI is InChI=1S/C31H30F3N5O4/c1-30(2,43)22-11-19(32)12-23(26(22)21-13-25(40)39(29(21)42)24-10-17(16-35)8-9-36-24)38-27(18-6-4-3-5-7-18)28(41)37-20-14-31(33,34)15-20/h3-12,20-21,27,29,38,42-43H,13-15H2,1-2H3,(H,37,41)/t21?,27-,29+/m0/s1. The van der Waals surface area contributed by atoms with Crippen LogP contribution in [0.4, 0.5) is 24.7 Å². The van der Waals surface area contributed by atoms with E-state index in [0.717, 1.165) is 17.0 Å². The van der Waals surface area contributed by atoms with E-state index < -0.39 is 66.2 Å². The third-order valence-corrected chi connectivity index (χ3v) is 7.72. The van der Waals surface area contributed by atoms with Gasteiger partial charge in [0, 0.05) is 43.1 Å². The molecular weight excluding hydrogens is 563 g/mol. The number of nitrogens with zero attached hydrogens (tertiary/aromatic N) is 3. The Balaban J connectivity index is 1.57. The molecule has 2 aromatic carbocycles. The summed E-state index contributed by atoms with van der Waals surface area (Å²) >= 11 is 0. The molecule has 1 aliphatic carbocycles. The average molecular weight is 594 g/mol. The van der Waals surface area contributed by atoms with E-state index in [1.54, 1.807) is 30.3 Å². The first-order chi connectivity index (χ1) is 20.3. The van der Waals surface area contributed by atoms with Crippen molar-refractivity contribution in [3.8, 4) is 6.07 Å². The van der Waals surface area contributed by atoms with Gasteiger partial charge in [-0.05, 0) is 54.8 Å².